The molecule has 0 unspecified atom stereocenters. The lowest BCUT2D eigenvalue weighted by molar-refractivity contribution is -0.105. The van der Waals surface area contributed by atoms with Gasteiger partial charge in [0.25, 0.3) is 5.56 Å². The molecule has 0 amide bonds. The summed E-state index contributed by atoms with van der Waals surface area (Å²) in [7, 11) is 1.43. The van der Waals surface area contributed by atoms with Crippen molar-refractivity contribution in [2.24, 2.45) is 0 Å². The van der Waals surface area contributed by atoms with Gasteiger partial charge in [-0.15, -0.1) is 0 Å². The molecule has 0 bridgehead atoms. The van der Waals surface area contributed by atoms with Crippen molar-refractivity contribution < 1.29 is 19.7 Å². The first-order valence-corrected chi connectivity index (χ1v) is 7.70. The fraction of sp³-hybridized carbons (Fsp3) is 0.538. The van der Waals surface area contributed by atoms with Gasteiger partial charge in [0.05, 0.1) is 11.6 Å². The summed E-state index contributed by atoms with van der Waals surface area (Å²) in [4.78, 5) is 20.4. The molecule has 1 aromatic heterocycles. The Bertz CT molecular complexity index is 710. The minimum atomic E-state index is -1.11. The van der Waals surface area contributed by atoms with E-state index in [1.807, 2.05) is 0 Å². The van der Waals surface area contributed by atoms with Gasteiger partial charge in [-0.25, -0.2) is 0 Å². The van der Waals surface area contributed by atoms with Crippen LogP contribution in [0.2, 0.25) is 0 Å². The fourth-order valence-electron chi connectivity index (χ4n) is 2.80. The maximum Gasteiger partial charge on any atom is 0.268 e. The van der Waals surface area contributed by atoms with Crippen LogP contribution in [0.15, 0.2) is 21.3 Å². The predicted octanol–water partition coefficient (Wildman–Crippen LogP) is -0.781. The van der Waals surface area contributed by atoms with Gasteiger partial charge < -0.3 is 25.4 Å². The highest BCUT2D eigenvalue weighted by Gasteiger charge is 2.57. The van der Waals surface area contributed by atoms with E-state index < -0.39 is 24.0 Å². The Hall–Kier alpha value is -1.59. The number of nitrogens with zero attached hydrogens (tertiary/aromatic N) is 2. The number of aromatic nitrogens is 2. The molecule has 0 aliphatic carbocycles. The number of ether oxygens (including phenoxy) is 2. The number of fused-ring (bicyclic) bond motifs is 1. The highest BCUT2D eigenvalue weighted by molar-refractivity contribution is 8.03. The van der Waals surface area contributed by atoms with Gasteiger partial charge in [-0.05, 0) is 6.92 Å². The van der Waals surface area contributed by atoms with E-state index in [2.05, 4.69) is 16.5 Å². The van der Waals surface area contributed by atoms with Crippen LogP contribution in [0.25, 0.3) is 0 Å². The van der Waals surface area contributed by atoms with E-state index in [1.54, 1.807) is 6.92 Å². The number of nitrogens with one attached hydrogen (secondary N) is 1. The van der Waals surface area contributed by atoms with Crippen LogP contribution < -0.4 is 16.2 Å². The van der Waals surface area contributed by atoms with Crippen LogP contribution in [-0.4, -0.2) is 57.9 Å². The predicted molar refractivity (Wildman–Crippen MR) is 83.9 cm³/mol. The normalized spacial score (nSPS) is 33.3. The van der Waals surface area contributed by atoms with Crippen molar-refractivity contribution in [3.8, 4) is 0 Å². The van der Waals surface area contributed by atoms with Gasteiger partial charge in [0.2, 0.25) is 5.95 Å². The highest BCUT2D eigenvalue weighted by atomic mass is 32.2. The van der Waals surface area contributed by atoms with E-state index in [0.29, 0.717) is 9.92 Å². The largest absolute Gasteiger partial charge is 0.394 e. The number of rotatable bonds is 3. The third-order valence-electron chi connectivity index (χ3n) is 4.25. The van der Waals surface area contributed by atoms with Crippen LogP contribution >= 0.6 is 11.8 Å². The molecule has 3 rings (SSSR count). The summed E-state index contributed by atoms with van der Waals surface area (Å²) in [6, 6.07) is 0. The van der Waals surface area contributed by atoms with Crippen LogP contribution in [-0.2, 0) is 9.47 Å². The molecular weight excluding hydrogens is 324 g/mol. The van der Waals surface area contributed by atoms with E-state index in [1.165, 1.54) is 12.0 Å². The van der Waals surface area contributed by atoms with Gasteiger partial charge in [0.1, 0.15) is 22.7 Å². The average molecular weight is 342 g/mol. The van der Waals surface area contributed by atoms with E-state index in [4.69, 9.17) is 15.2 Å². The molecule has 2 aliphatic rings. The average Bonchev–Trinajstić information content (AvgIpc) is 2.95. The number of H-pyrrole nitrogens is 1. The summed E-state index contributed by atoms with van der Waals surface area (Å²) in [5, 5.41) is 20.6. The summed E-state index contributed by atoms with van der Waals surface area (Å²) < 4.78 is 11.1. The lowest BCUT2D eigenvalue weighted by Crippen LogP contribution is -2.51. The summed E-state index contributed by atoms with van der Waals surface area (Å²) >= 11 is 1.12. The van der Waals surface area contributed by atoms with Crippen LogP contribution in [0.3, 0.4) is 0 Å². The summed E-state index contributed by atoms with van der Waals surface area (Å²) in [5.74, 6) is 0.220. The van der Waals surface area contributed by atoms with Crippen LogP contribution in [0, 0.1) is 0 Å². The Labute approximate surface area is 136 Å². The molecular formula is C13H18N4O5S. The molecule has 10 heteroatoms. The Kier molecular flexibility index (Phi) is 3.89. The zero-order valence-corrected chi connectivity index (χ0v) is 13.5. The first-order chi connectivity index (χ1) is 10.8. The van der Waals surface area contributed by atoms with Crippen LogP contribution in [0.4, 0.5) is 11.8 Å². The Balaban J connectivity index is 2.04. The molecule has 1 fully saturated rings. The van der Waals surface area contributed by atoms with Gasteiger partial charge in [-0.1, -0.05) is 18.3 Å². The molecule has 0 spiro atoms. The smallest absolute Gasteiger partial charge is 0.268 e. The van der Waals surface area contributed by atoms with Crippen molar-refractivity contribution in [2.45, 2.75) is 35.9 Å². The molecule has 1 aromatic rings. The van der Waals surface area contributed by atoms with E-state index >= 15 is 0 Å². The third kappa shape index (κ3) is 2.25. The molecule has 9 nitrogen and oxygen atoms in total. The molecule has 5 N–H and O–H groups in total. The number of hydrogen-bond acceptors (Lipinski definition) is 9. The number of methoxy groups -OCH3 is 1. The van der Waals surface area contributed by atoms with Gasteiger partial charge in [-0.3, -0.25) is 14.7 Å². The molecule has 0 aromatic carbocycles. The Morgan fingerprint density at radius 3 is 2.91 bits per heavy atom. The summed E-state index contributed by atoms with van der Waals surface area (Å²) in [5.41, 5.74) is 4.11. The van der Waals surface area contributed by atoms with Crippen LogP contribution in [0.1, 0.15) is 6.92 Å². The number of anilines is 2. The molecule has 126 valence electrons. The fourth-order valence-corrected chi connectivity index (χ4v) is 3.70. The van der Waals surface area contributed by atoms with Gasteiger partial charge in [-0.2, -0.15) is 4.98 Å². The number of nitrogen functional groups attached to an aromatic ring is 1. The molecule has 1 saturated heterocycles. The maximum atomic E-state index is 12.0. The van der Waals surface area contributed by atoms with Crippen molar-refractivity contribution in [2.75, 3.05) is 24.4 Å². The topological polar surface area (TPSA) is 134 Å². The highest BCUT2D eigenvalue weighted by Crippen LogP contribution is 2.47. The first-order valence-electron chi connectivity index (χ1n) is 6.88. The van der Waals surface area contributed by atoms with E-state index in [9.17, 15) is 15.0 Å². The number of aliphatic hydroxyl groups excluding tert-OH is 2. The molecule has 3 heterocycles. The van der Waals surface area contributed by atoms with Crippen molar-refractivity contribution >= 4 is 23.5 Å². The van der Waals surface area contributed by atoms with Crippen molar-refractivity contribution in [1.29, 1.82) is 0 Å². The van der Waals surface area contributed by atoms with Gasteiger partial charge in [0.15, 0.2) is 12.0 Å². The number of aliphatic hydroxyl groups is 2. The molecule has 0 radical (unpaired) electrons. The monoisotopic (exact) mass is 342 g/mol. The summed E-state index contributed by atoms with van der Waals surface area (Å²) in [6.45, 7) is 5.20. The lowest BCUT2D eigenvalue weighted by Gasteiger charge is -2.32. The van der Waals surface area contributed by atoms with Crippen molar-refractivity contribution in [1.82, 2.24) is 9.97 Å². The quantitative estimate of drug-likeness (QED) is 0.558. The van der Waals surface area contributed by atoms with Crippen molar-refractivity contribution in [3.05, 3.63) is 22.0 Å². The molecule has 4 atom stereocenters. The lowest BCUT2D eigenvalue weighted by atomic mass is 9.94. The molecule has 0 saturated carbocycles. The second-order valence-corrected chi connectivity index (χ2v) is 6.58. The number of hydrogen-bond donors (Lipinski definition) is 4. The van der Waals surface area contributed by atoms with Gasteiger partial charge in [0, 0.05) is 7.11 Å². The Morgan fingerprint density at radius 1 is 1.65 bits per heavy atom. The SMILES string of the molecule is C=C1Sc2c(nc(N)[nH]c2=O)N1[C@@H]1O[C@H](CO)[C@@](C)(OC)[C@H]1O. The third-order valence-corrected chi connectivity index (χ3v) is 5.26. The summed E-state index contributed by atoms with van der Waals surface area (Å²) in [6.07, 6.45) is -2.75. The minimum absolute atomic E-state index is 0.0465. The van der Waals surface area contributed by atoms with E-state index in [-0.39, 0.29) is 23.9 Å². The number of thioether (sulfide) groups is 1. The standard InChI is InChI=1S/C13H18N4O5S/c1-5-17(9-7(23-5)10(20)16-12(14)15-9)11-8(19)13(2,21-3)6(4-18)22-11/h6,8,11,18-19H,1,4H2,2-3H3,(H3,14,15,16,20)/t6-,8+,11-,13-/m1/s1. The minimum Gasteiger partial charge on any atom is -0.394 e. The second kappa shape index (κ2) is 5.49. The van der Waals surface area contributed by atoms with Gasteiger partial charge >= 0.3 is 0 Å². The van der Waals surface area contributed by atoms with Crippen molar-refractivity contribution in [3.63, 3.8) is 0 Å². The second-order valence-electron chi connectivity index (χ2n) is 5.50. The first kappa shape index (κ1) is 16.3. The number of nitrogens with two attached hydrogens (primary N) is 1. The van der Waals surface area contributed by atoms with Crippen LogP contribution in [0.5, 0.6) is 0 Å². The maximum absolute atomic E-state index is 12.0. The molecule has 23 heavy (non-hydrogen) atoms. The van der Waals surface area contributed by atoms with E-state index in [0.717, 1.165) is 11.8 Å². The molecule has 2 aliphatic heterocycles. The number of aromatic amines is 1. The Morgan fingerprint density at radius 2 is 2.35 bits per heavy atom. The zero-order valence-electron chi connectivity index (χ0n) is 12.6. The zero-order chi connectivity index (χ0) is 16.9.